The van der Waals surface area contributed by atoms with Crippen LogP contribution in [0.3, 0.4) is 0 Å². The molecule has 0 aliphatic heterocycles. The van der Waals surface area contributed by atoms with Gasteiger partial charge in [0.15, 0.2) is 5.75 Å². The van der Waals surface area contributed by atoms with E-state index < -0.39 is 0 Å². The van der Waals surface area contributed by atoms with Crippen LogP contribution < -0.4 is 4.74 Å². The van der Waals surface area contributed by atoms with Gasteiger partial charge in [-0.3, -0.25) is 4.68 Å². The summed E-state index contributed by atoms with van der Waals surface area (Å²) in [7, 11) is 0. The van der Waals surface area contributed by atoms with Gasteiger partial charge in [-0.05, 0) is 18.9 Å². The van der Waals surface area contributed by atoms with E-state index in [-0.39, 0.29) is 6.61 Å². The molecule has 4 heteroatoms. The zero-order chi connectivity index (χ0) is 12.8. The van der Waals surface area contributed by atoms with Crippen molar-refractivity contribution in [3.8, 4) is 5.75 Å². The largest absolute Gasteiger partial charge is 0.485 e. The van der Waals surface area contributed by atoms with Gasteiger partial charge in [0.25, 0.3) is 0 Å². The number of rotatable bonds is 6. The molecule has 0 bridgehead atoms. The van der Waals surface area contributed by atoms with Crippen molar-refractivity contribution in [2.45, 2.75) is 26.5 Å². The van der Waals surface area contributed by atoms with E-state index in [1.165, 1.54) is 0 Å². The van der Waals surface area contributed by atoms with Crippen LogP contribution in [0.2, 0.25) is 0 Å². The highest BCUT2D eigenvalue weighted by Gasteiger charge is 2.05. The van der Waals surface area contributed by atoms with Gasteiger partial charge >= 0.3 is 0 Å². The van der Waals surface area contributed by atoms with Gasteiger partial charge in [-0.25, -0.2) is 0 Å². The summed E-state index contributed by atoms with van der Waals surface area (Å²) in [5.41, 5.74) is 2.02. The highest BCUT2D eigenvalue weighted by atomic mass is 16.5. The van der Waals surface area contributed by atoms with E-state index in [9.17, 15) is 0 Å². The second-order valence-corrected chi connectivity index (χ2v) is 4.19. The molecule has 0 atom stereocenters. The molecule has 18 heavy (non-hydrogen) atoms. The number of benzene rings is 1. The minimum atomic E-state index is 0.180. The molecule has 4 nitrogen and oxygen atoms in total. The first-order valence-electron chi connectivity index (χ1n) is 6.11. The predicted octanol–water partition coefficient (Wildman–Crippen LogP) is 2.15. The van der Waals surface area contributed by atoms with Crippen LogP contribution in [-0.2, 0) is 13.2 Å². The van der Waals surface area contributed by atoms with Crippen molar-refractivity contribution < 1.29 is 9.84 Å². The molecule has 1 heterocycles. The Balaban J connectivity index is 1.95. The lowest BCUT2D eigenvalue weighted by molar-refractivity contribution is 0.276. The van der Waals surface area contributed by atoms with Crippen LogP contribution in [0.1, 0.15) is 17.7 Å². The molecule has 0 saturated heterocycles. The molecule has 1 N–H and O–H groups in total. The second-order valence-electron chi connectivity index (χ2n) is 4.19. The Morgan fingerprint density at radius 1 is 1.28 bits per heavy atom. The van der Waals surface area contributed by atoms with E-state index in [0.29, 0.717) is 19.6 Å². The molecule has 1 aromatic carbocycles. The molecule has 96 valence electrons. The van der Waals surface area contributed by atoms with Crippen molar-refractivity contribution in [3.05, 3.63) is 47.8 Å². The fraction of sp³-hybridized carbons (Fsp3) is 0.357. The third-order valence-electron chi connectivity index (χ3n) is 2.68. The van der Waals surface area contributed by atoms with Crippen LogP contribution in [0, 0.1) is 6.92 Å². The number of hydrogen-bond acceptors (Lipinski definition) is 3. The Labute approximate surface area is 107 Å². The van der Waals surface area contributed by atoms with Crippen molar-refractivity contribution >= 4 is 0 Å². The molecule has 0 aliphatic rings. The van der Waals surface area contributed by atoms with Crippen LogP contribution in [0.4, 0.5) is 0 Å². The summed E-state index contributed by atoms with van der Waals surface area (Å²) >= 11 is 0. The molecular weight excluding hydrogens is 228 g/mol. The Morgan fingerprint density at radius 2 is 2.06 bits per heavy atom. The topological polar surface area (TPSA) is 47.3 Å². The smallest absolute Gasteiger partial charge is 0.160 e. The van der Waals surface area contributed by atoms with E-state index in [1.54, 1.807) is 0 Å². The average molecular weight is 246 g/mol. The van der Waals surface area contributed by atoms with Crippen molar-refractivity contribution in [2.75, 3.05) is 6.61 Å². The van der Waals surface area contributed by atoms with Gasteiger partial charge in [-0.15, -0.1) is 0 Å². The standard InChI is InChI=1S/C14H18N2O2/c1-12-14(10-16(15-12)8-5-9-17)18-11-13-6-3-2-4-7-13/h2-4,6-7,10,17H,5,8-9,11H2,1H3. The SMILES string of the molecule is Cc1nn(CCCO)cc1OCc1ccccc1. The maximum Gasteiger partial charge on any atom is 0.160 e. The molecule has 1 aromatic heterocycles. The Kier molecular flexibility index (Phi) is 4.36. The minimum Gasteiger partial charge on any atom is -0.485 e. The van der Waals surface area contributed by atoms with E-state index in [1.807, 2.05) is 48.1 Å². The number of hydrogen-bond donors (Lipinski definition) is 1. The van der Waals surface area contributed by atoms with Gasteiger partial charge in [0, 0.05) is 13.2 Å². The van der Waals surface area contributed by atoms with Crippen molar-refractivity contribution in [3.63, 3.8) is 0 Å². The molecule has 0 spiro atoms. The predicted molar refractivity (Wildman–Crippen MR) is 69.4 cm³/mol. The van der Waals surface area contributed by atoms with Gasteiger partial charge < -0.3 is 9.84 Å². The number of nitrogens with zero attached hydrogens (tertiary/aromatic N) is 2. The fourth-order valence-electron chi connectivity index (χ4n) is 1.72. The van der Waals surface area contributed by atoms with Crippen LogP contribution in [0.5, 0.6) is 5.75 Å². The molecular formula is C14H18N2O2. The Bertz CT molecular complexity index is 480. The Hall–Kier alpha value is -1.81. The number of aryl methyl sites for hydroxylation is 2. The monoisotopic (exact) mass is 246 g/mol. The summed E-state index contributed by atoms with van der Waals surface area (Å²) in [5.74, 6) is 0.803. The van der Waals surface area contributed by atoms with Gasteiger partial charge in [0.1, 0.15) is 12.3 Å². The van der Waals surface area contributed by atoms with Crippen LogP contribution in [-0.4, -0.2) is 21.5 Å². The second kappa shape index (κ2) is 6.21. The molecule has 2 rings (SSSR count). The molecule has 0 radical (unpaired) electrons. The number of aliphatic hydroxyl groups is 1. The molecule has 0 saturated carbocycles. The number of ether oxygens (including phenoxy) is 1. The van der Waals surface area contributed by atoms with Gasteiger partial charge in [-0.1, -0.05) is 30.3 Å². The van der Waals surface area contributed by atoms with Gasteiger partial charge in [0.2, 0.25) is 0 Å². The van der Waals surface area contributed by atoms with E-state index in [4.69, 9.17) is 9.84 Å². The lowest BCUT2D eigenvalue weighted by Crippen LogP contribution is -2.00. The number of aliphatic hydroxyl groups excluding tert-OH is 1. The first-order chi connectivity index (χ1) is 8.79. The van der Waals surface area contributed by atoms with Crippen molar-refractivity contribution in [2.24, 2.45) is 0 Å². The molecule has 0 fully saturated rings. The first-order valence-corrected chi connectivity index (χ1v) is 6.11. The maximum absolute atomic E-state index is 8.78. The zero-order valence-corrected chi connectivity index (χ0v) is 10.5. The summed E-state index contributed by atoms with van der Waals surface area (Å²) < 4.78 is 7.55. The van der Waals surface area contributed by atoms with E-state index in [0.717, 1.165) is 17.0 Å². The highest BCUT2D eigenvalue weighted by Crippen LogP contribution is 2.17. The van der Waals surface area contributed by atoms with Crippen LogP contribution in [0.15, 0.2) is 36.5 Å². The maximum atomic E-state index is 8.78. The molecule has 0 unspecified atom stereocenters. The molecule has 0 aliphatic carbocycles. The molecule has 0 amide bonds. The van der Waals surface area contributed by atoms with Gasteiger partial charge in [-0.2, -0.15) is 5.10 Å². The Morgan fingerprint density at radius 3 is 2.78 bits per heavy atom. The third-order valence-corrected chi connectivity index (χ3v) is 2.68. The van der Waals surface area contributed by atoms with Crippen LogP contribution in [0.25, 0.3) is 0 Å². The van der Waals surface area contributed by atoms with Crippen LogP contribution >= 0.6 is 0 Å². The minimum absolute atomic E-state index is 0.180. The average Bonchev–Trinajstić information content (AvgIpc) is 2.76. The third kappa shape index (κ3) is 3.34. The number of aromatic nitrogens is 2. The quantitative estimate of drug-likeness (QED) is 0.849. The highest BCUT2D eigenvalue weighted by molar-refractivity contribution is 5.24. The zero-order valence-electron chi connectivity index (χ0n) is 10.5. The van der Waals surface area contributed by atoms with E-state index in [2.05, 4.69) is 5.10 Å². The first kappa shape index (κ1) is 12.6. The lowest BCUT2D eigenvalue weighted by atomic mass is 10.2. The van der Waals surface area contributed by atoms with Crippen molar-refractivity contribution in [1.82, 2.24) is 9.78 Å². The normalized spacial score (nSPS) is 10.6. The summed E-state index contributed by atoms with van der Waals surface area (Å²) in [6, 6.07) is 10.0. The summed E-state index contributed by atoms with van der Waals surface area (Å²) in [6.07, 6.45) is 2.59. The van der Waals surface area contributed by atoms with Gasteiger partial charge in [0.05, 0.1) is 6.20 Å². The van der Waals surface area contributed by atoms with Crippen molar-refractivity contribution in [1.29, 1.82) is 0 Å². The summed E-state index contributed by atoms with van der Waals surface area (Å²) in [5, 5.41) is 13.1. The summed E-state index contributed by atoms with van der Waals surface area (Å²) in [4.78, 5) is 0. The summed E-state index contributed by atoms with van der Waals surface area (Å²) in [6.45, 7) is 3.37. The fourth-order valence-corrected chi connectivity index (χ4v) is 1.72. The van der Waals surface area contributed by atoms with E-state index >= 15 is 0 Å². The molecule has 2 aromatic rings. The lowest BCUT2D eigenvalue weighted by Gasteiger charge is -2.03.